The van der Waals surface area contributed by atoms with Gasteiger partial charge in [0.05, 0.1) is 30.2 Å². The van der Waals surface area contributed by atoms with Crippen LogP contribution in [0.4, 0.5) is 10.5 Å². The second-order valence-corrected chi connectivity index (χ2v) is 8.74. The molecule has 4 rings (SSSR count). The second kappa shape index (κ2) is 13.5. The van der Waals surface area contributed by atoms with Gasteiger partial charge in [0.1, 0.15) is 12.4 Å². The number of alkyl carbamates (subject to hydrolysis) is 1. The first-order valence-corrected chi connectivity index (χ1v) is 12.6. The van der Waals surface area contributed by atoms with Crippen LogP contribution in [0.3, 0.4) is 0 Å². The Hall–Kier alpha value is -5.25. The lowest BCUT2D eigenvalue weighted by molar-refractivity contribution is -0.384. The molecule has 0 radical (unpaired) electrons. The van der Waals surface area contributed by atoms with Gasteiger partial charge in [-0.1, -0.05) is 60.7 Å². The average Bonchev–Trinajstić information content (AvgIpc) is 2.97. The van der Waals surface area contributed by atoms with Crippen molar-refractivity contribution in [3.8, 4) is 5.75 Å². The fourth-order valence-electron chi connectivity index (χ4n) is 4.06. The van der Waals surface area contributed by atoms with E-state index in [1.165, 1.54) is 18.3 Å². The van der Waals surface area contributed by atoms with Gasteiger partial charge >= 0.3 is 6.09 Å². The summed E-state index contributed by atoms with van der Waals surface area (Å²) in [4.78, 5) is 35.3. The van der Waals surface area contributed by atoms with E-state index in [2.05, 4.69) is 15.8 Å². The molecule has 4 aromatic rings. The Morgan fingerprint density at radius 3 is 2.42 bits per heavy atom. The number of nitro benzene ring substituents is 1. The van der Waals surface area contributed by atoms with Gasteiger partial charge in [0, 0.05) is 17.7 Å². The third-order valence-corrected chi connectivity index (χ3v) is 6.01. The van der Waals surface area contributed by atoms with E-state index >= 15 is 0 Å². The van der Waals surface area contributed by atoms with Crippen LogP contribution in [0.2, 0.25) is 0 Å². The monoisotopic (exact) mass is 540 g/mol. The summed E-state index contributed by atoms with van der Waals surface area (Å²) in [5.74, 6) is 0.122. The molecule has 0 saturated heterocycles. The van der Waals surface area contributed by atoms with Crippen LogP contribution < -0.4 is 15.5 Å². The maximum Gasteiger partial charge on any atom is 0.407 e. The summed E-state index contributed by atoms with van der Waals surface area (Å²) in [6.45, 7) is 2.10. The van der Waals surface area contributed by atoms with Gasteiger partial charge in [-0.25, -0.2) is 10.2 Å². The summed E-state index contributed by atoms with van der Waals surface area (Å²) >= 11 is 0. The van der Waals surface area contributed by atoms with Crippen LogP contribution >= 0.6 is 0 Å². The molecule has 0 aromatic heterocycles. The number of benzene rings is 4. The number of hydrogen-bond donors (Lipinski definition) is 2. The first-order chi connectivity index (χ1) is 19.4. The second-order valence-electron chi connectivity index (χ2n) is 8.74. The number of fused-ring (bicyclic) bond motifs is 1. The molecule has 2 N–H and O–H groups in total. The highest BCUT2D eigenvalue weighted by molar-refractivity contribution is 6.02. The number of hydrogen-bond acceptors (Lipinski definition) is 7. The van der Waals surface area contributed by atoms with Crippen molar-refractivity contribution in [2.75, 3.05) is 6.61 Å². The first-order valence-electron chi connectivity index (χ1n) is 12.6. The van der Waals surface area contributed by atoms with Gasteiger partial charge < -0.3 is 14.8 Å². The summed E-state index contributed by atoms with van der Waals surface area (Å²) in [5, 5.41) is 19.6. The predicted molar refractivity (Wildman–Crippen MR) is 151 cm³/mol. The van der Waals surface area contributed by atoms with Crippen molar-refractivity contribution in [1.29, 1.82) is 0 Å². The fraction of sp³-hybridized carbons (Fsp3) is 0.167. The van der Waals surface area contributed by atoms with Gasteiger partial charge in [0.2, 0.25) is 5.91 Å². The van der Waals surface area contributed by atoms with Crippen molar-refractivity contribution in [3.05, 3.63) is 118 Å². The fourth-order valence-corrected chi connectivity index (χ4v) is 4.06. The molecule has 1 atom stereocenters. The van der Waals surface area contributed by atoms with Crippen LogP contribution in [0.5, 0.6) is 5.75 Å². The van der Waals surface area contributed by atoms with Gasteiger partial charge in [0.15, 0.2) is 0 Å². The molecular weight excluding hydrogens is 512 g/mol. The van der Waals surface area contributed by atoms with Gasteiger partial charge in [-0.3, -0.25) is 14.9 Å². The van der Waals surface area contributed by atoms with Gasteiger partial charge in [0.25, 0.3) is 5.69 Å². The number of carbonyl (C=O) groups excluding carboxylic acids is 2. The summed E-state index contributed by atoms with van der Waals surface area (Å²) in [6, 6.07) is 26.1. The van der Waals surface area contributed by atoms with Gasteiger partial charge in [-0.2, -0.15) is 5.10 Å². The topological polar surface area (TPSA) is 132 Å². The molecule has 0 aliphatic carbocycles. The van der Waals surface area contributed by atoms with Crippen LogP contribution in [-0.2, 0) is 16.1 Å². The number of hydrazone groups is 1. The molecule has 0 aliphatic heterocycles. The van der Waals surface area contributed by atoms with Crippen molar-refractivity contribution in [2.45, 2.75) is 26.0 Å². The molecule has 10 heteroatoms. The predicted octanol–water partition coefficient (Wildman–Crippen LogP) is 5.65. The molecule has 0 unspecified atom stereocenters. The first kappa shape index (κ1) is 27.8. The molecule has 0 aliphatic rings. The number of nitro groups is 1. The maximum atomic E-state index is 12.8. The summed E-state index contributed by atoms with van der Waals surface area (Å²) in [5.41, 5.74) is 4.72. The van der Waals surface area contributed by atoms with Crippen LogP contribution in [0, 0.1) is 10.1 Å². The van der Waals surface area contributed by atoms with Crippen LogP contribution in [-0.4, -0.2) is 29.7 Å². The molecule has 204 valence electrons. The minimum atomic E-state index is -0.613. The van der Waals surface area contributed by atoms with Crippen LogP contribution in [0.15, 0.2) is 96.1 Å². The van der Waals surface area contributed by atoms with Crippen LogP contribution in [0.1, 0.15) is 36.1 Å². The van der Waals surface area contributed by atoms with Gasteiger partial charge in [-0.15, -0.1) is 0 Å². The summed E-state index contributed by atoms with van der Waals surface area (Å²) < 4.78 is 11.0. The molecule has 0 fully saturated rings. The Balaban J connectivity index is 1.49. The van der Waals surface area contributed by atoms with Crippen molar-refractivity contribution in [1.82, 2.24) is 10.7 Å². The highest BCUT2D eigenvalue weighted by Gasteiger charge is 2.19. The molecule has 0 spiro atoms. The number of amides is 2. The van der Waals surface area contributed by atoms with E-state index in [1.54, 1.807) is 19.1 Å². The van der Waals surface area contributed by atoms with E-state index in [-0.39, 0.29) is 25.3 Å². The van der Waals surface area contributed by atoms with Crippen molar-refractivity contribution in [2.24, 2.45) is 5.10 Å². The summed E-state index contributed by atoms with van der Waals surface area (Å²) in [6.07, 6.45) is 0.846. The number of nitrogens with zero attached hydrogens (tertiary/aromatic N) is 2. The van der Waals surface area contributed by atoms with E-state index in [0.717, 1.165) is 21.9 Å². The highest BCUT2D eigenvalue weighted by Crippen LogP contribution is 2.28. The van der Waals surface area contributed by atoms with E-state index in [9.17, 15) is 19.7 Å². The number of non-ortho nitro benzene ring substituents is 1. The van der Waals surface area contributed by atoms with Gasteiger partial charge in [-0.05, 0) is 47.0 Å². The van der Waals surface area contributed by atoms with Crippen molar-refractivity contribution in [3.63, 3.8) is 0 Å². The molecule has 0 bridgehead atoms. The quantitative estimate of drug-likeness (QED) is 0.143. The Kier molecular flexibility index (Phi) is 9.39. The van der Waals surface area contributed by atoms with Crippen molar-refractivity contribution < 1.29 is 24.0 Å². The minimum Gasteiger partial charge on any atom is -0.488 e. The molecule has 0 saturated carbocycles. The molecule has 40 heavy (non-hydrogen) atoms. The lowest BCUT2D eigenvalue weighted by atomic mass is 10.0. The third-order valence-electron chi connectivity index (χ3n) is 6.01. The smallest absolute Gasteiger partial charge is 0.407 e. The standard InChI is InChI=1S/C30H28N4O6/c1-2-39-30(36)32-27(23-9-4-3-5-10-23)18-29(35)33-31-19-26-25-11-7-6-8-22(25)14-17-28(26)40-20-21-12-15-24(16-13-21)34(37)38/h3-17,19,27H,2,18,20H2,1H3,(H,32,36)(H,33,35)/b31-19-/t27-/m1/s1. The van der Waals surface area contributed by atoms with Crippen molar-refractivity contribution >= 4 is 34.7 Å². The highest BCUT2D eigenvalue weighted by atomic mass is 16.6. The van der Waals surface area contributed by atoms with E-state index < -0.39 is 23.0 Å². The van der Waals surface area contributed by atoms with Crippen LogP contribution in [0.25, 0.3) is 10.8 Å². The zero-order valence-electron chi connectivity index (χ0n) is 21.8. The molecule has 2 amide bonds. The molecule has 0 heterocycles. The zero-order chi connectivity index (χ0) is 28.3. The van der Waals surface area contributed by atoms with E-state index in [0.29, 0.717) is 11.3 Å². The maximum absolute atomic E-state index is 12.8. The summed E-state index contributed by atoms with van der Waals surface area (Å²) in [7, 11) is 0. The zero-order valence-corrected chi connectivity index (χ0v) is 21.8. The minimum absolute atomic E-state index is 0.00461. The Morgan fingerprint density at radius 2 is 1.70 bits per heavy atom. The third kappa shape index (κ3) is 7.41. The average molecular weight is 541 g/mol. The Labute approximate surface area is 230 Å². The number of ether oxygens (including phenoxy) is 2. The molecule has 10 nitrogen and oxygen atoms in total. The number of nitrogens with one attached hydrogen (secondary N) is 2. The van der Waals surface area contributed by atoms with E-state index in [4.69, 9.17) is 9.47 Å². The lowest BCUT2D eigenvalue weighted by Crippen LogP contribution is -2.33. The largest absolute Gasteiger partial charge is 0.488 e. The lowest BCUT2D eigenvalue weighted by Gasteiger charge is -2.18. The Bertz CT molecular complexity index is 1510. The van der Waals surface area contributed by atoms with E-state index in [1.807, 2.05) is 66.7 Å². The number of rotatable bonds is 11. The number of carbonyl (C=O) groups is 2. The Morgan fingerprint density at radius 1 is 0.975 bits per heavy atom. The SMILES string of the molecule is CCOC(=O)N[C@H](CC(=O)N/N=C\c1c(OCc2ccc([N+](=O)[O-])cc2)ccc2ccccc12)c1ccccc1. The normalized spacial score (nSPS) is 11.6. The molecular formula is C30H28N4O6. The molecule has 4 aromatic carbocycles.